The third-order valence-corrected chi connectivity index (χ3v) is 6.90. The maximum atomic E-state index is 13.1. The lowest BCUT2D eigenvalue weighted by Gasteiger charge is -2.39. The molecule has 4 rings (SSSR count). The second kappa shape index (κ2) is 11.5. The zero-order valence-corrected chi connectivity index (χ0v) is 21.5. The monoisotopic (exact) mass is 514 g/mol. The van der Waals surface area contributed by atoms with E-state index in [0.29, 0.717) is 27.8 Å². The number of carbonyl (C=O) groups is 2. The van der Waals surface area contributed by atoms with Gasteiger partial charge in [0, 0.05) is 11.4 Å². The molecule has 188 valence electrons. The molecule has 0 saturated heterocycles. The molecule has 3 aromatic rings. The molecule has 1 heterocycles. The van der Waals surface area contributed by atoms with Crippen LogP contribution >= 0.6 is 11.8 Å². The topological polar surface area (TPSA) is 104 Å². The molecule has 3 aromatic carbocycles. The molecule has 0 saturated carbocycles. The summed E-state index contributed by atoms with van der Waals surface area (Å²) in [5.41, 5.74) is 3.06. The molecule has 37 heavy (non-hydrogen) atoms. The molecule has 0 aromatic heterocycles. The maximum Gasteiger partial charge on any atom is 0.266 e. The van der Waals surface area contributed by atoms with Gasteiger partial charge in [0.2, 0.25) is 5.91 Å². The number of amides is 2. The van der Waals surface area contributed by atoms with Crippen LogP contribution in [0.3, 0.4) is 0 Å². The molecule has 0 spiro atoms. The minimum Gasteiger partial charge on any atom is -0.493 e. The largest absolute Gasteiger partial charge is 0.493 e. The van der Waals surface area contributed by atoms with Gasteiger partial charge in [-0.3, -0.25) is 9.59 Å². The molecule has 1 aliphatic heterocycles. The third kappa shape index (κ3) is 5.55. The molecule has 0 aliphatic carbocycles. The highest BCUT2D eigenvalue weighted by Crippen LogP contribution is 2.41. The molecular formula is C28H26N4O4S. The fraction of sp³-hybridized carbons (Fsp3) is 0.179. The van der Waals surface area contributed by atoms with Crippen LogP contribution in [0, 0.1) is 18.3 Å². The van der Waals surface area contributed by atoms with E-state index in [2.05, 4.69) is 10.6 Å². The van der Waals surface area contributed by atoms with Crippen molar-refractivity contribution in [1.82, 2.24) is 5.32 Å². The van der Waals surface area contributed by atoms with Gasteiger partial charge in [0.15, 0.2) is 11.5 Å². The fourth-order valence-electron chi connectivity index (χ4n) is 3.98. The highest BCUT2D eigenvalue weighted by molar-refractivity contribution is 8.03. The second-order valence-corrected chi connectivity index (χ2v) is 9.10. The molecule has 0 radical (unpaired) electrons. The first-order valence-electron chi connectivity index (χ1n) is 11.5. The molecule has 0 fully saturated rings. The number of carbonyl (C=O) groups excluding carboxylic acids is 2. The van der Waals surface area contributed by atoms with Gasteiger partial charge in [0.1, 0.15) is 22.8 Å². The number of nitriles is 1. The minimum atomic E-state index is -0.659. The van der Waals surface area contributed by atoms with Crippen LogP contribution in [-0.2, 0) is 9.59 Å². The predicted molar refractivity (Wildman–Crippen MR) is 144 cm³/mol. The number of anilines is 2. The summed E-state index contributed by atoms with van der Waals surface area (Å²) in [6.45, 7) is 1.91. The summed E-state index contributed by atoms with van der Waals surface area (Å²) in [4.78, 5) is 27.8. The van der Waals surface area contributed by atoms with Crippen molar-refractivity contribution in [2.75, 3.05) is 30.2 Å². The Labute approximate surface area is 219 Å². The Morgan fingerprint density at radius 2 is 1.76 bits per heavy atom. The van der Waals surface area contributed by atoms with Crippen molar-refractivity contribution in [1.29, 1.82) is 5.26 Å². The Bertz CT molecular complexity index is 1380. The lowest BCUT2D eigenvalue weighted by atomic mass is 10.1. The second-order valence-electron chi connectivity index (χ2n) is 8.14. The third-order valence-electron chi connectivity index (χ3n) is 5.81. The van der Waals surface area contributed by atoms with E-state index in [-0.39, 0.29) is 17.2 Å². The van der Waals surface area contributed by atoms with Crippen LogP contribution in [-0.4, -0.2) is 31.8 Å². The van der Waals surface area contributed by atoms with E-state index in [0.717, 1.165) is 23.0 Å². The number of hydrogen-bond acceptors (Lipinski definition) is 7. The van der Waals surface area contributed by atoms with Gasteiger partial charge in [-0.15, -0.1) is 0 Å². The van der Waals surface area contributed by atoms with Gasteiger partial charge in [-0.1, -0.05) is 54.2 Å². The fourth-order valence-corrected chi connectivity index (χ4v) is 4.95. The molecule has 1 unspecified atom stereocenters. The summed E-state index contributed by atoms with van der Waals surface area (Å²) in [7, 11) is 3.09. The van der Waals surface area contributed by atoms with Crippen molar-refractivity contribution >= 4 is 35.0 Å². The number of methoxy groups -OCH3 is 2. The van der Waals surface area contributed by atoms with Crippen molar-refractivity contribution < 1.29 is 19.1 Å². The standard InChI is InChI=1S/C28H26N4O4S/c1-18-9-7-8-12-22(18)30-25(33)17-37-28-21(16-29)27(34)31-26(32(28)20-10-5-4-6-11-20)19-13-14-23(35-2)24(15-19)36-3/h4-15,26H,17H2,1-3H3,(H,30,33)(H,31,34). The average Bonchev–Trinajstić information content (AvgIpc) is 2.92. The molecule has 1 aliphatic rings. The molecule has 2 N–H and O–H groups in total. The van der Waals surface area contributed by atoms with E-state index in [1.807, 2.05) is 78.6 Å². The summed E-state index contributed by atoms with van der Waals surface area (Å²) >= 11 is 1.14. The van der Waals surface area contributed by atoms with Crippen LogP contribution in [0.2, 0.25) is 0 Å². The number of nitrogens with one attached hydrogen (secondary N) is 2. The van der Waals surface area contributed by atoms with Crippen molar-refractivity contribution in [2.24, 2.45) is 0 Å². The number of nitrogens with zero attached hydrogens (tertiary/aromatic N) is 2. The summed E-state index contributed by atoms with van der Waals surface area (Å²) in [5, 5.41) is 16.1. The summed E-state index contributed by atoms with van der Waals surface area (Å²) in [6, 6.07) is 24.3. The number of aryl methyl sites for hydroxylation is 1. The first-order valence-corrected chi connectivity index (χ1v) is 12.4. The van der Waals surface area contributed by atoms with Crippen molar-refractivity contribution in [2.45, 2.75) is 13.1 Å². The van der Waals surface area contributed by atoms with Crippen LogP contribution in [0.5, 0.6) is 11.5 Å². The number of thioether (sulfide) groups is 1. The van der Waals surface area contributed by atoms with Crippen LogP contribution < -0.4 is 25.0 Å². The van der Waals surface area contributed by atoms with E-state index in [4.69, 9.17) is 9.47 Å². The number of rotatable bonds is 8. The lowest BCUT2D eigenvalue weighted by Crippen LogP contribution is -2.46. The molecule has 1 atom stereocenters. The zero-order valence-electron chi connectivity index (χ0n) is 20.6. The summed E-state index contributed by atoms with van der Waals surface area (Å²) < 4.78 is 10.8. The van der Waals surface area contributed by atoms with Gasteiger partial charge >= 0.3 is 0 Å². The van der Waals surface area contributed by atoms with Crippen molar-refractivity contribution in [3.8, 4) is 17.6 Å². The van der Waals surface area contributed by atoms with E-state index < -0.39 is 12.1 Å². The van der Waals surface area contributed by atoms with Gasteiger partial charge in [-0.2, -0.15) is 5.26 Å². The Balaban J connectivity index is 1.71. The molecule has 9 heteroatoms. The quantitative estimate of drug-likeness (QED) is 0.447. The van der Waals surface area contributed by atoms with Crippen molar-refractivity contribution in [3.05, 3.63) is 94.5 Å². The Hall–Kier alpha value is -4.42. The predicted octanol–water partition coefficient (Wildman–Crippen LogP) is 4.75. The van der Waals surface area contributed by atoms with Crippen molar-refractivity contribution in [3.63, 3.8) is 0 Å². The molecule has 8 nitrogen and oxygen atoms in total. The Morgan fingerprint density at radius 3 is 2.43 bits per heavy atom. The smallest absolute Gasteiger partial charge is 0.266 e. The van der Waals surface area contributed by atoms with E-state index in [1.54, 1.807) is 19.2 Å². The molecule has 2 amide bonds. The lowest BCUT2D eigenvalue weighted by molar-refractivity contribution is -0.118. The molecule has 0 bridgehead atoms. The average molecular weight is 515 g/mol. The first kappa shape index (κ1) is 25.7. The van der Waals surface area contributed by atoms with Gasteiger partial charge < -0.3 is 25.0 Å². The van der Waals surface area contributed by atoms with Gasteiger partial charge in [-0.25, -0.2) is 0 Å². The summed E-state index contributed by atoms with van der Waals surface area (Å²) in [5.74, 6) is 0.297. The van der Waals surface area contributed by atoms with E-state index in [1.165, 1.54) is 7.11 Å². The highest BCUT2D eigenvalue weighted by atomic mass is 32.2. The van der Waals surface area contributed by atoms with Crippen LogP contribution in [0.15, 0.2) is 83.4 Å². The van der Waals surface area contributed by atoms with E-state index >= 15 is 0 Å². The normalized spacial score (nSPS) is 15.0. The molecular weight excluding hydrogens is 488 g/mol. The van der Waals surface area contributed by atoms with E-state index in [9.17, 15) is 14.9 Å². The van der Waals surface area contributed by atoms with Crippen LogP contribution in [0.25, 0.3) is 0 Å². The first-order chi connectivity index (χ1) is 18.0. The highest BCUT2D eigenvalue weighted by Gasteiger charge is 2.36. The van der Waals surface area contributed by atoms with Crippen LogP contribution in [0.4, 0.5) is 11.4 Å². The van der Waals surface area contributed by atoms with Gasteiger partial charge in [-0.05, 0) is 48.4 Å². The SMILES string of the molecule is COc1ccc(C2NC(=O)C(C#N)=C(SCC(=O)Nc3ccccc3C)N2c2ccccc2)cc1OC. The van der Waals surface area contributed by atoms with Crippen LogP contribution in [0.1, 0.15) is 17.3 Å². The zero-order chi connectivity index (χ0) is 26.4. The van der Waals surface area contributed by atoms with Gasteiger partial charge in [0.25, 0.3) is 5.91 Å². The minimum absolute atomic E-state index is 0.00408. The number of hydrogen-bond donors (Lipinski definition) is 2. The Morgan fingerprint density at radius 1 is 1.05 bits per heavy atom. The summed E-state index contributed by atoms with van der Waals surface area (Å²) in [6.07, 6.45) is -0.659. The van der Waals surface area contributed by atoms with Gasteiger partial charge in [0.05, 0.1) is 20.0 Å². The number of para-hydroxylation sites is 2. The number of benzene rings is 3. The Kier molecular flexibility index (Phi) is 8.01. The maximum absolute atomic E-state index is 13.1. The number of ether oxygens (including phenoxy) is 2.